The van der Waals surface area contributed by atoms with E-state index in [9.17, 15) is 14.0 Å². The van der Waals surface area contributed by atoms with Crippen LogP contribution in [-0.4, -0.2) is 61.5 Å². The van der Waals surface area contributed by atoms with Crippen LogP contribution in [0.15, 0.2) is 36.7 Å². The number of nitrogens with zero attached hydrogens (tertiary/aromatic N) is 4. The minimum Gasteiger partial charge on any atom is -0.361 e. The highest BCUT2D eigenvalue weighted by molar-refractivity contribution is 5.92. The van der Waals surface area contributed by atoms with Crippen LogP contribution in [-0.2, 0) is 17.8 Å². The summed E-state index contributed by atoms with van der Waals surface area (Å²) in [7, 11) is 0. The molecule has 32 heavy (non-hydrogen) atoms. The van der Waals surface area contributed by atoms with Crippen LogP contribution in [0.1, 0.15) is 49.2 Å². The van der Waals surface area contributed by atoms with E-state index in [4.69, 9.17) is 0 Å². The molecule has 0 spiro atoms. The summed E-state index contributed by atoms with van der Waals surface area (Å²) in [5.74, 6) is -0.348. The van der Waals surface area contributed by atoms with Crippen LogP contribution in [0.2, 0.25) is 0 Å². The molecule has 3 aromatic rings. The second kappa shape index (κ2) is 9.50. The van der Waals surface area contributed by atoms with Gasteiger partial charge in [-0.25, -0.2) is 9.07 Å². The Morgan fingerprint density at radius 1 is 1.31 bits per heavy atom. The third-order valence-corrected chi connectivity index (χ3v) is 5.78. The molecule has 2 aromatic heterocycles. The third-order valence-electron chi connectivity index (χ3n) is 5.78. The Bertz CT molecular complexity index is 1090. The molecular formula is C23H29FN6O2. The second-order valence-electron chi connectivity index (χ2n) is 8.70. The normalized spacial score (nSPS) is 18.6. The van der Waals surface area contributed by atoms with Gasteiger partial charge in [0.15, 0.2) is 5.69 Å². The highest BCUT2D eigenvalue weighted by atomic mass is 19.1. The van der Waals surface area contributed by atoms with Gasteiger partial charge >= 0.3 is 0 Å². The number of amides is 2. The summed E-state index contributed by atoms with van der Waals surface area (Å²) >= 11 is 0. The standard InChI is InChI=1S/C23H29FN6O2/c1-15(2)26-23(32)21-14-29(28-27-21)13-18-10-17(24)12-30(18)22(31)9-5-6-16-11-25-20-8-4-3-7-19(16)20/h3-4,7-8,11,14-15,17-18,25H,5-6,9-10,12-13H2,1-2H3,(H,26,32)/t17-,18-/m0/s1. The van der Waals surface area contributed by atoms with Crippen LogP contribution in [0.3, 0.4) is 0 Å². The number of benzene rings is 1. The lowest BCUT2D eigenvalue weighted by atomic mass is 10.1. The molecule has 1 saturated heterocycles. The Labute approximate surface area is 186 Å². The van der Waals surface area contributed by atoms with E-state index >= 15 is 0 Å². The monoisotopic (exact) mass is 440 g/mol. The second-order valence-corrected chi connectivity index (χ2v) is 8.70. The molecule has 2 N–H and O–H groups in total. The van der Waals surface area contributed by atoms with Crippen LogP contribution >= 0.6 is 0 Å². The molecule has 4 rings (SSSR count). The molecule has 1 aliphatic rings. The predicted molar refractivity (Wildman–Crippen MR) is 119 cm³/mol. The lowest BCUT2D eigenvalue weighted by Gasteiger charge is -2.24. The number of fused-ring (bicyclic) bond motifs is 1. The molecule has 0 aliphatic carbocycles. The summed E-state index contributed by atoms with van der Waals surface area (Å²) in [6, 6.07) is 7.79. The first-order chi connectivity index (χ1) is 15.4. The van der Waals surface area contributed by atoms with E-state index in [1.54, 1.807) is 11.1 Å². The number of hydrogen-bond donors (Lipinski definition) is 2. The molecule has 1 aromatic carbocycles. The van der Waals surface area contributed by atoms with Gasteiger partial charge in [-0.1, -0.05) is 23.4 Å². The topological polar surface area (TPSA) is 95.9 Å². The molecule has 8 nitrogen and oxygen atoms in total. The number of para-hydroxylation sites is 1. The quantitative estimate of drug-likeness (QED) is 0.563. The van der Waals surface area contributed by atoms with E-state index in [0.717, 1.165) is 11.9 Å². The Morgan fingerprint density at radius 2 is 2.12 bits per heavy atom. The largest absolute Gasteiger partial charge is 0.361 e. The van der Waals surface area contributed by atoms with Gasteiger partial charge in [-0.05, 0) is 38.3 Å². The number of alkyl halides is 1. The number of aryl methyl sites for hydroxylation is 1. The van der Waals surface area contributed by atoms with Gasteiger partial charge in [-0.2, -0.15) is 0 Å². The number of hydrogen-bond acceptors (Lipinski definition) is 4. The van der Waals surface area contributed by atoms with E-state index < -0.39 is 6.17 Å². The zero-order valence-electron chi connectivity index (χ0n) is 18.4. The molecule has 0 saturated carbocycles. The van der Waals surface area contributed by atoms with Gasteiger partial charge in [-0.15, -0.1) is 5.10 Å². The lowest BCUT2D eigenvalue weighted by Crippen LogP contribution is -2.38. The maximum absolute atomic E-state index is 14.2. The van der Waals surface area contributed by atoms with Crippen molar-refractivity contribution >= 4 is 22.7 Å². The van der Waals surface area contributed by atoms with Gasteiger partial charge in [0, 0.05) is 36.0 Å². The van der Waals surface area contributed by atoms with Crippen molar-refractivity contribution in [1.29, 1.82) is 0 Å². The van der Waals surface area contributed by atoms with Gasteiger partial charge < -0.3 is 15.2 Å². The molecule has 0 bridgehead atoms. The highest BCUT2D eigenvalue weighted by Gasteiger charge is 2.35. The SMILES string of the molecule is CC(C)NC(=O)c1cn(C[C@@H]2C[C@H](F)CN2C(=O)CCCc2c[nH]c3ccccc23)nn1. The summed E-state index contributed by atoms with van der Waals surface area (Å²) in [6.07, 6.45) is 4.59. The Morgan fingerprint density at radius 3 is 2.94 bits per heavy atom. The lowest BCUT2D eigenvalue weighted by molar-refractivity contribution is -0.132. The Hall–Kier alpha value is -3.23. The zero-order chi connectivity index (χ0) is 22.7. The molecule has 3 heterocycles. The number of halogens is 1. The van der Waals surface area contributed by atoms with Crippen molar-refractivity contribution in [3.63, 3.8) is 0 Å². The molecule has 2 atom stereocenters. The van der Waals surface area contributed by atoms with E-state index in [1.165, 1.54) is 15.6 Å². The number of H-pyrrole nitrogens is 1. The molecule has 0 unspecified atom stereocenters. The van der Waals surface area contributed by atoms with Crippen molar-refractivity contribution in [3.8, 4) is 0 Å². The summed E-state index contributed by atoms with van der Waals surface area (Å²) in [5, 5.41) is 11.8. The fourth-order valence-electron chi connectivity index (χ4n) is 4.29. The zero-order valence-corrected chi connectivity index (χ0v) is 18.4. The summed E-state index contributed by atoms with van der Waals surface area (Å²) in [5.41, 5.74) is 2.48. The fourth-order valence-corrected chi connectivity index (χ4v) is 4.29. The first-order valence-corrected chi connectivity index (χ1v) is 11.1. The first kappa shape index (κ1) is 22.0. The van der Waals surface area contributed by atoms with Gasteiger partial charge in [0.1, 0.15) is 6.17 Å². The minimum atomic E-state index is -1.05. The number of nitrogens with one attached hydrogen (secondary N) is 2. The van der Waals surface area contributed by atoms with Crippen LogP contribution < -0.4 is 5.32 Å². The van der Waals surface area contributed by atoms with Crippen LogP contribution in [0.4, 0.5) is 4.39 Å². The van der Waals surface area contributed by atoms with Crippen molar-refractivity contribution in [2.45, 2.75) is 64.3 Å². The van der Waals surface area contributed by atoms with E-state index in [-0.39, 0.29) is 42.6 Å². The van der Waals surface area contributed by atoms with Crippen LogP contribution in [0, 0.1) is 0 Å². The third kappa shape index (κ3) is 4.98. The smallest absolute Gasteiger partial charge is 0.273 e. The number of aromatic nitrogens is 4. The summed E-state index contributed by atoms with van der Waals surface area (Å²) in [4.78, 5) is 29.8. The maximum atomic E-state index is 14.2. The van der Waals surface area contributed by atoms with E-state index in [2.05, 4.69) is 26.7 Å². The van der Waals surface area contributed by atoms with Crippen molar-refractivity contribution in [2.24, 2.45) is 0 Å². The summed E-state index contributed by atoms with van der Waals surface area (Å²) < 4.78 is 15.7. The van der Waals surface area contributed by atoms with Crippen molar-refractivity contribution < 1.29 is 14.0 Å². The average molecular weight is 441 g/mol. The highest BCUT2D eigenvalue weighted by Crippen LogP contribution is 2.24. The molecular weight excluding hydrogens is 411 g/mol. The van der Waals surface area contributed by atoms with Crippen LogP contribution in [0.25, 0.3) is 10.9 Å². The maximum Gasteiger partial charge on any atom is 0.273 e. The molecule has 2 amide bonds. The number of likely N-dealkylation sites (tertiary alicyclic amines) is 1. The van der Waals surface area contributed by atoms with E-state index in [0.29, 0.717) is 19.4 Å². The van der Waals surface area contributed by atoms with Gasteiger partial charge in [0.05, 0.1) is 25.3 Å². The molecule has 1 fully saturated rings. The van der Waals surface area contributed by atoms with Crippen molar-refractivity contribution in [2.75, 3.05) is 6.54 Å². The molecule has 1 aliphatic heterocycles. The first-order valence-electron chi connectivity index (χ1n) is 11.1. The predicted octanol–water partition coefficient (Wildman–Crippen LogP) is 2.86. The molecule has 170 valence electrons. The van der Waals surface area contributed by atoms with E-state index in [1.807, 2.05) is 38.2 Å². The minimum absolute atomic E-state index is 0.00727. The number of carbonyl (C=O) groups is 2. The van der Waals surface area contributed by atoms with Gasteiger partial charge in [0.25, 0.3) is 5.91 Å². The van der Waals surface area contributed by atoms with Gasteiger partial charge in [-0.3, -0.25) is 9.59 Å². The van der Waals surface area contributed by atoms with Crippen molar-refractivity contribution in [1.82, 2.24) is 30.2 Å². The average Bonchev–Trinajstić information content (AvgIpc) is 3.47. The summed E-state index contributed by atoms with van der Waals surface area (Å²) in [6.45, 7) is 4.15. The number of aromatic amines is 1. The van der Waals surface area contributed by atoms with Crippen molar-refractivity contribution in [3.05, 3.63) is 47.9 Å². The molecule has 9 heteroatoms. The van der Waals surface area contributed by atoms with Crippen LogP contribution in [0.5, 0.6) is 0 Å². The Kier molecular flexibility index (Phi) is 6.53. The van der Waals surface area contributed by atoms with Gasteiger partial charge in [0.2, 0.25) is 5.91 Å². The number of carbonyl (C=O) groups excluding carboxylic acids is 2. The number of rotatable bonds is 8. The Balaban J connectivity index is 1.33. The molecule has 0 radical (unpaired) electrons. The fraction of sp³-hybridized carbons (Fsp3) is 0.478.